The van der Waals surface area contributed by atoms with Crippen LogP contribution in [-0.4, -0.2) is 9.97 Å². The van der Waals surface area contributed by atoms with Gasteiger partial charge in [0.05, 0.1) is 0 Å². The molecule has 3 N–H and O–H groups in total. The average Bonchev–Trinajstić information content (AvgIpc) is 3.46. The third-order valence-corrected chi connectivity index (χ3v) is 4.93. The van der Waals surface area contributed by atoms with Crippen LogP contribution in [0.4, 0.5) is 11.5 Å². The molecule has 4 rings (SSSR count). The molecular weight excluding hydrogens is 320 g/mol. The van der Waals surface area contributed by atoms with Gasteiger partial charge in [-0.05, 0) is 72.9 Å². The maximum Gasteiger partial charge on any atom is 0.130 e. The van der Waals surface area contributed by atoms with E-state index in [0.29, 0.717) is 5.92 Å². The van der Waals surface area contributed by atoms with Crippen LogP contribution in [0.15, 0.2) is 54.6 Å². The van der Waals surface area contributed by atoms with Crippen molar-refractivity contribution in [1.82, 2.24) is 9.97 Å². The Bertz CT molecular complexity index is 987. The van der Waals surface area contributed by atoms with Crippen molar-refractivity contribution < 1.29 is 0 Å². The zero-order valence-electron chi connectivity index (χ0n) is 15.3. The van der Waals surface area contributed by atoms with E-state index in [1.54, 1.807) is 0 Å². The van der Waals surface area contributed by atoms with Crippen LogP contribution < -0.4 is 11.1 Å². The monoisotopic (exact) mass is 344 g/mol. The van der Waals surface area contributed by atoms with Gasteiger partial charge in [-0.3, -0.25) is 4.98 Å². The Kier molecular flexibility index (Phi) is 4.33. The molecule has 0 bridgehead atoms. The fourth-order valence-corrected chi connectivity index (χ4v) is 3.36. The van der Waals surface area contributed by atoms with Crippen molar-refractivity contribution in [2.75, 3.05) is 11.1 Å². The summed E-state index contributed by atoms with van der Waals surface area (Å²) < 4.78 is 0. The Hall–Kier alpha value is -2.88. The maximum atomic E-state index is 6.31. The smallest absolute Gasteiger partial charge is 0.130 e. The number of nitrogens with one attached hydrogen (secondary N) is 1. The topological polar surface area (TPSA) is 63.8 Å². The quantitative estimate of drug-likeness (QED) is 0.616. The standard InChI is InChI=1S/C22H24N4/c1-3-4-21(15-5-6-15)26-22-11-17-9-16(10-20(23)19(17)13-25-22)18-12-24-8-7-14(18)2/h4,7-13,15H,3,5-6,23H2,1-2H3,(H,25,26)/b21-4+. The Morgan fingerprint density at radius 1 is 1.27 bits per heavy atom. The number of benzene rings is 1. The van der Waals surface area contributed by atoms with E-state index in [0.717, 1.165) is 39.8 Å². The van der Waals surface area contributed by atoms with Crippen molar-refractivity contribution in [3.63, 3.8) is 0 Å². The number of fused-ring (bicyclic) bond motifs is 1. The van der Waals surface area contributed by atoms with Crippen LogP contribution in [0.25, 0.3) is 21.9 Å². The molecule has 2 heterocycles. The van der Waals surface area contributed by atoms with E-state index < -0.39 is 0 Å². The number of nitrogens with two attached hydrogens (primary N) is 1. The fourth-order valence-electron chi connectivity index (χ4n) is 3.36. The van der Waals surface area contributed by atoms with E-state index in [1.807, 2.05) is 30.7 Å². The van der Waals surface area contributed by atoms with Crippen LogP contribution >= 0.6 is 0 Å². The van der Waals surface area contributed by atoms with E-state index in [9.17, 15) is 0 Å². The van der Waals surface area contributed by atoms with Gasteiger partial charge in [0.2, 0.25) is 0 Å². The molecular formula is C22H24N4. The summed E-state index contributed by atoms with van der Waals surface area (Å²) in [7, 11) is 0. The minimum atomic E-state index is 0.668. The van der Waals surface area contributed by atoms with Crippen LogP contribution in [0.2, 0.25) is 0 Å². The number of allylic oxidation sites excluding steroid dienone is 2. The second kappa shape index (κ2) is 6.79. The summed E-state index contributed by atoms with van der Waals surface area (Å²) in [5, 5.41) is 5.59. The highest BCUT2D eigenvalue weighted by Crippen LogP contribution is 2.37. The first-order valence-corrected chi connectivity index (χ1v) is 9.23. The van der Waals surface area contributed by atoms with Crippen molar-refractivity contribution in [2.45, 2.75) is 33.1 Å². The Labute approximate surface area is 154 Å². The zero-order chi connectivity index (χ0) is 18.1. The molecule has 0 atom stereocenters. The number of aryl methyl sites for hydroxylation is 1. The number of aromatic nitrogens is 2. The number of nitrogens with zero attached hydrogens (tertiary/aromatic N) is 2. The Morgan fingerprint density at radius 3 is 2.85 bits per heavy atom. The van der Waals surface area contributed by atoms with E-state index in [4.69, 9.17) is 5.73 Å². The van der Waals surface area contributed by atoms with Crippen LogP contribution in [0.1, 0.15) is 31.7 Å². The molecule has 0 unspecified atom stereocenters. The summed E-state index contributed by atoms with van der Waals surface area (Å²) in [5.41, 5.74) is 11.7. The predicted octanol–water partition coefficient (Wildman–Crippen LogP) is 5.30. The van der Waals surface area contributed by atoms with Crippen LogP contribution in [0.5, 0.6) is 0 Å². The molecule has 1 aromatic carbocycles. The molecule has 0 radical (unpaired) electrons. The molecule has 1 fully saturated rings. The molecule has 4 heteroatoms. The molecule has 1 saturated carbocycles. The minimum Gasteiger partial charge on any atom is -0.398 e. The van der Waals surface area contributed by atoms with Gasteiger partial charge in [-0.2, -0.15) is 0 Å². The molecule has 1 aliphatic rings. The van der Waals surface area contributed by atoms with E-state index in [-0.39, 0.29) is 0 Å². The predicted molar refractivity (Wildman–Crippen MR) is 109 cm³/mol. The normalized spacial score (nSPS) is 14.6. The lowest BCUT2D eigenvalue weighted by Crippen LogP contribution is -2.03. The summed E-state index contributed by atoms with van der Waals surface area (Å²) >= 11 is 0. The van der Waals surface area contributed by atoms with Gasteiger partial charge < -0.3 is 11.1 Å². The lowest BCUT2D eigenvalue weighted by atomic mass is 9.99. The Morgan fingerprint density at radius 2 is 2.12 bits per heavy atom. The first-order valence-electron chi connectivity index (χ1n) is 9.23. The van der Waals surface area contributed by atoms with E-state index in [1.165, 1.54) is 24.1 Å². The lowest BCUT2D eigenvalue weighted by Gasteiger charge is -2.13. The first-order chi connectivity index (χ1) is 12.7. The number of hydrogen-bond donors (Lipinski definition) is 2. The largest absolute Gasteiger partial charge is 0.398 e. The Balaban J connectivity index is 1.75. The number of hydrogen-bond acceptors (Lipinski definition) is 4. The van der Waals surface area contributed by atoms with Crippen molar-refractivity contribution in [3.05, 3.63) is 60.2 Å². The third-order valence-electron chi connectivity index (χ3n) is 4.93. The van der Waals surface area contributed by atoms with E-state index >= 15 is 0 Å². The highest BCUT2D eigenvalue weighted by Gasteiger charge is 2.26. The minimum absolute atomic E-state index is 0.668. The van der Waals surface area contributed by atoms with Crippen LogP contribution in [0.3, 0.4) is 0 Å². The second-order valence-electron chi connectivity index (χ2n) is 7.01. The van der Waals surface area contributed by atoms with Gasteiger partial charge in [0.1, 0.15) is 5.82 Å². The van der Waals surface area contributed by atoms with Crippen molar-refractivity contribution in [2.24, 2.45) is 5.92 Å². The second-order valence-corrected chi connectivity index (χ2v) is 7.01. The molecule has 4 nitrogen and oxygen atoms in total. The first kappa shape index (κ1) is 16.6. The van der Waals surface area contributed by atoms with Gasteiger partial charge in [-0.15, -0.1) is 0 Å². The number of pyridine rings is 2. The molecule has 0 amide bonds. The zero-order valence-corrected chi connectivity index (χ0v) is 15.3. The summed E-state index contributed by atoms with van der Waals surface area (Å²) in [5.74, 6) is 1.55. The van der Waals surface area contributed by atoms with Gasteiger partial charge in [-0.25, -0.2) is 4.98 Å². The molecule has 0 aliphatic heterocycles. The number of rotatable bonds is 5. The highest BCUT2D eigenvalue weighted by atomic mass is 15.0. The van der Waals surface area contributed by atoms with Gasteiger partial charge in [0.25, 0.3) is 0 Å². The SMILES string of the molecule is CC/C=C(/Nc1cc2cc(-c3cnccc3C)cc(N)c2cn1)C1CC1. The van der Waals surface area contributed by atoms with Crippen molar-refractivity contribution >= 4 is 22.3 Å². The van der Waals surface area contributed by atoms with E-state index in [2.05, 4.69) is 47.3 Å². The van der Waals surface area contributed by atoms with Crippen LogP contribution in [-0.2, 0) is 0 Å². The molecule has 3 aromatic rings. The van der Waals surface area contributed by atoms with Gasteiger partial charge >= 0.3 is 0 Å². The van der Waals surface area contributed by atoms with Gasteiger partial charge in [-0.1, -0.05) is 13.0 Å². The molecule has 1 aliphatic carbocycles. The summed E-state index contributed by atoms with van der Waals surface area (Å²) in [6, 6.07) is 8.29. The van der Waals surface area contributed by atoms with Gasteiger partial charge in [0.15, 0.2) is 0 Å². The molecule has 2 aromatic heterocycles. The van der Waals surface area contributed by atoms with Crippen molar-refractivity contribution in [3.8, 4) is 11.1 Å². The lowest BCUT2D eigenvalue weighted by molar-refractivity contribution is 0.981. The molecule has 0 spiro atoms. The number of anilines is 2. The van der Waals surface area contributed by atoms with Crippen LogP contribution in [0, 0.1) is 12.8 Å². The summed E-state index contributed by atoms with van der Waals surface area (Å²) in [6.07, 6.45) is 11.4. The maximum absolute atomic E-state index is 6.31. The molecule has 26 heavy (non-hydrogen) atoms. The third kappa shape index (κ3) is 3.27. The molecule has 0 saturated heterocycles. The summed E-state index contributed by atoms with van der Waals surface area (Å²) in [4.78, 5) is 8.84. The van der Waals surface area contributed by atoms with Gasteiger partial charge in [0, 0.05) is 40.9 Å². The fraction of sp³-hybridized carbons (Fsp3) is 0.273. The molecule has 132 valence electrons. The highest BCUT2D eigenvalue weighted by molar-refractivity contribution is 5.97. The number of nitrogen functional groups attached to an aromatic ring is 1. The summed E-state index contributed by atoms with van der Waals surface area (Å²) in [6.45, 7) is 4.26. The van der Waals surface area contributed by atoms with Crippen molar-refractivity contribution in [1.29, 1.82) is 0 Å². The average molecular weight is 344 g/mol.